The maximum atomic E-state index is 12.4. The van der Waals surface area contributed by atoms with E-state index in [1.165, 1.54) is 19.4 Å². The lowest BCUT2D eigenvalue weighted by Gasteiger charge is -2.10. The molecule has 27 heavy (non-hydrogen) atoms. The molecule has 2 aromatic carbocycles. The number of pyridine rings is 1. The van der Waals surface area contributed by atoms with Crippen LogP contribution in [0, 0.1) is 0 Å². The number of ether oxygens (including phenoxy) is 3. The Kier molecular flexibility index (Phi) is 5.79. The Labute approximate surface area is 156 Å². The summed E-state index contributed by atoms with van der Waals surface area (Å²) in [5, 5.41) is 0. The molecule has 0 aliphatic rings. The van der Waals surface area contributed by atoms with E-state index in [0.29, 0.717) is 17.1 Å². The van der Waals surface area contributed by atoms with Crippen molar-refractivity contribution < 1.29 is 23.8 Å². The number of esters is 1. The van der Waals surface area contributed by atoms with Crippen LogP contribution in [0.25, 0.3) is 0 Å². The summed E-state index contributed by atoms with van der Waals surface area (Å²) < 4.78 is 16.0. The number of methoxy groups -OCH3 is 1. The standard InChI is InChI=1S/C21H17NO5/c1-25-19-12-6-5-10-16(19)18(23)14-26-21(24)17-11-7-13-22-20(17)27-15-8-3-2-4-9-15/h2-13H,14H2,1H3. The van der Waals surface area contributed by atoms with Crippen LogP contribution in [0.5, 0.6) is 17.4 Å². The van der Waals surface area contributed by atoms with Crippen molar-refractivity contribution in [2.45, 2.75) is 0 Å². The maximum absolute atomic E-state index is 12.4. The van der Waals surface area contributed by atoms with Gasteiger partial charge in [-0.15, -0.1) is 0 Å². The van der Waals surface area contributed by atoms with Gasteiger partial charge in [0.1, 0.15) is 17.1 Å². The molecule has 0 N–H and O–H groups in total. The summed E-state index contributed by atoms with van der Waals surface area (Å²) >= 11 is 0. The Balaban J connectivity index is 1.71. The second-order valence-corrected chi connectivity index (χ2v) is 5.47. The van der Waals surface area contributed by atoms with E-state index in [2.05, 4.69) is 4.98 Å². The number of carbonyl (C=O) groups excluding carboxylic acids is 2. The molecule has 1 heterocycles. The van der Waals surface area contributed by atoms with Gasteiger partial charge in [0.15, 0.2) is 6.61 Å². The number of nitrogens with zero attached hydrogens (tertiary/aromatic N) is 1. The number of carbonyl (C=O) groups is 2. The van der Waals surface area contributed by atoms with E-state index >= 15 is 0 Å². The van der Waals surface area contributed by atoms with Crippen LogP contribution in [0.2, 0.25) is 0 Å². The molecule has 0 bridgehead atoms. The van der Waals surface area contributed by atoms with Gasteiger partial charge in [0.05, 0.1) is 12.7 Å². The van der Waals surface area contributed by atoms with E-state index in [4.69, 9.17) is 14.2 Å². The molecule has 0 amide bonds. The van der Waals surface area contributed by atoms with Crippen LogP contribution in [0.15, 0.2) is 72.9 Å². The highest BCUT2D eigenvalue weighted by atomic mass is 16.5. The fraction of sp³-hybridized carbons (Fsp3) is 0.0952. The molecular weight excluding hydrogens is 346 g/mol. The Morgan fingerprint density at radius 1 is 0.889 bits per heavy atom. The minimum absolute atomic E-state index is 0.110. The Hall–Kier alpha value is -3.67. The molecule has 6 heteroatoms. The van der Waals surface area contributed by atoms with Gasteiger partial charge in [-0.1, -0.05) is 30.3 Å². The van der Waals surface area contributed by atoms with E-state index < -0.39 is 12.6 Å². The molecule has 3 rings (SSSR count). The van der Waals surface area contributed by atoms with Gasteiger partial charge in [-0.2, -0.15) is 0 Å². The molecule has 0 fully saturated rings. The first-order valence-corrected chi connectivity index (χ1v) is 8.20. The lowest BCUT2D eigenvalue weighted by Crippen LogP contribution is -2.15. The molecule has 0 spiro atoms. The first-order valence-electron chi connectivity index (χ1n) is 8.20. The number of rotatable bonds is 7. The summed E-state index contributed by atoms with van der Waals surface area (Å²) in [5.74, 6) is 0.00862. The van der Waals surface area contributed by atoms with E-state index in [-0.39, 0.29) is 17.2 Å². The minimum atomic E-state index is -0.697. The summed E-state index contributed by atoms with van der Waals surface area (Å²) in [6.07, 6.45) is 1.51. The second-order valence-electron chi connectivity index (χ2n) is 5.47. The quantitative estimate of drug-likeness (QED) is 0.468. The lowest BCUT2D eigenvalue weighted by molar-refractivity contribution is 0.0470. The van der Waals surface area contributed by atoms with Crippen molar-refractivity contribution in [3.8, 4) is 17.4 Å². The van der Waals surface area contributed by atoms with Crippen molar-refractivity contribution in [3.05, 3.63) is 84.1 Å². The second kappa shape index (κ2) is 8.62. The van der Waals surface area contributed by atoms with Gasteiger partial charge in [0.25, 0.3) is 0 Å². The molecule has 0 aliphatic carbocycles. The predicted octanol–water partition coefficient (Wildman–Crippen LogP) is 3.92. The Bertz CT molecular complexity index is 940. The van der Waals surface area contributed by atoms with Crippen molar-refractivity contribution in [1.29, 1.82) is 0 Å². The molecule has 0 saturated carbocycles. The van der Waals surface area contributed by atoms with Gasteiger partial charge < -0.3 is 14.2 Å². The van der Waals surface area contributed by atoms with E-state index in [1.54, 1.807) is 42.5 Å². The normalized spacial score (nSPS) is 10.1. The number of aromatic nitrogens is 1. The maximum Gasteiger partial charge on any atom is 0.344 e. The van der Waals surface area contributed by atoms with Gasteiger partial charge in [-0.05, 0) is 36.4 Å². The number of benzene rings is 2. The van der Waals surface area contributed by atoms with Crippen LogP contribution in [0.3, 0.4) is 0 Å². The molecule has 3 aromatic rings. The fourth-order valence-corrected chi connectivity index (χ4v) is 2.39. The highest BCUT2D eigenvalue weighted by Gasteiger charge is 2.19. The van der Waals surface area contributed by atoms with Crippen molar-refractivity contribution in [3.63, 3.8) is 0 Å². The van der Waals surface area contributed by atoms with Crippen LogP contribution >= 0.6 is 0 Å². The molecular formula is C21H17NO5. The van der Waals surface area contributed by atoms with Gasteiger partial charge in [0.2, 0.25) is 11.7 Å². The summed E-state index contributed by atoms with van der Waals surface area (Å²) in [6, 6.07) is 18.8. The van der Waals surface area contributed by atoms with Gasteiger partial charge in [-0.25, -0.2) is 9.78 Å². The zero-order valence-electron chi connectivity index (χ0n) is 14.6. The molecule has 136 valence electrons. The number of hydrogen-bond acceptors (Lipinski definition) is 6. The predicted molar refractivity (Wildman–Crippen MR) is 98.4 cm³/mol. The van der Waals surface area contributed by atoms with Crippen LogP contribution in [0.1, 0.15) is 20.7 Å². The summed E-state index contributed by atoms with van der Waals surface area (Å²) in [7, 11) is 1.47. The third kappa shape index (κ3) is 4.49. The average Bonchev–Trinajstić information content (AvgIpc) is 2.73. The van der Waals surface area contributed by atoms with Gasteiger partial charge in [-0.3, -0.25) is 4.79 Å². The fourth-order valence-electron chi connectivity index (χ4n) is 2.39. The first-order chi connectivity index (χ1) is 13.2. The monoisotopic (exact) mass is 363 g/mol. The Morgan fingerprint density at radius 3 is 2.37 bits per heavy atom. The SMILES string of the molecule is COc1ccccc1C(=O)COC(=O)c1cccnc1Oc1ccccc1. The van der Waals surface area contributed by atoms with Crippen molar-refractivity contribution in [2.24, 2.45) is 0 Å². The highest BCUT2D eigenvalue weighted by molar-refractivity contribution is 6.01. The number of para-hydroxylation sites is 2. The van der Waals surface area contributed by atoms with Crippen LogP contribution in [0.4, 0.5) is 0 Å². The third-order valence-electron chi connectivity index (χ3n) is 3.69. The minimum Gasteiger partial charge on any atom is -0.496 e. The molecule has 0 radical (unpaired) electrons. The molecule has 0 atom stereocenters. The molecule has 1 aromatic heterocycles. The average molecular weight is 363 g/mol. The zero-order valence-corrected chi connectivity index (χ0v) is 14.6. The molecule has 0 unspecified atom stereocenters. The smallest absolute Gasteiger partial charge is 0.344 e. The van der Waals surface area contributed by atoms with Crippen LogP contribution in [-0.4, -0.2) is 30.5 Å². The van der Waals surface area contributed by atoms with Gasteiger partial charge in [0, 0.05) is 6.20 Å². The summed E-state index contributed by atoms with van der Waals surface area (Å²) in [6.45, 7) is -0.418. The number of ketones is 1. The van der Waals surface area contributed by atoms with Crippen LogP contribution < -0.4 is 9.47 Å². The number of hydrogen-bond donors (Lipinski definition) is 0. The van der Waals surface area contributed by atoms with E-state index in [1.807, 2.05) is 18.2 Å². The number of Topliss-reactive ketones (excluding diaryl/α,β-unsaturated/α-hetero) is 1. The zero-order chi connectivity index (χ0) is 19.1. The Morgan fingerprint density at radius 2 is 1.59 bits per heavy atom. The largest absolute Gasteiger partial charge is 0.496 e. The van der Waals surface area contributed by atoms with Crippen molar-refractivity contribution in [1.82, 2.24) is 4.98 Å². The van der Waals surface area contributed by atoms with Crippen molar-refractivity contribution >= 4 is 11.8 Å². The third-order valence-corrected chi connectivity index (χ3v) is 3.69. The van der Waals surface area contributed by atoms with Crippen molar-refractivity contribution in [2.75, 3.05) is 13.7 Å². The summed E-state index contributed by atoms with van der Waals surface area (Å²) in [4.78, 5) is 28.8. The van der Waals surface area contributed by atoms with E-state index in [9.17, 15) is 9.59 Å². The van der Waals surface area contributed by atoms with E-state index in [0.717, 1.165) is 0 Å². The molecule has 0 saturated heterocycles. The molecule has 0 aliphatic heterocycles. The summed E-state index contributed by atoms with van der Waals surface area (Å²) in [5.41, 5.74) is 0.480. The first kappa shape index (κ1) is 18.1. The van der Waals surface area contributed by atoms with Crippen LogP contribution in [-0.2, 0) is 4.74 Å². The highest BCUT2D eigenvalue weighted by Crippen LogP contribution is 2.23. The lowest BCUT2D eigenvalue weighted by atomic mass is 10.1. The molecule has 6 nitrogen and oxygen atoms in total. The van der Waals surface area contributed by atoms with Gasteiger partial charge >= 0.3 is 5.97 Å². The topological polar surface area (TPSA) is 74.7 Å².